The third-order valence-electron chi connectivity index (χ3n) is 5.21. The molecule has 4 aromatic rings. The molecule has 0 saturated heterocycles. The Bertz CT molecular complexity index is 1480. The molecule has 0 aliphatic carbocycles. The molecule has 0 radical (unpaired) electrons. The molecule has 37 heavy (non-hydrogen) atoms. The largest absolute Gasteiger partial charge is 0.491 e. The molecule has 0 amide bonds. The number of oxazole rings is 1. The fourth-order valence-electron chi connectivity index (χ4n) is 3.39. The molecule has 2 aromatic carbocycles. The standard InChI is InChI=1S/C26H20FN5O4S/c27-17-5-1-16(2-6-17)25-31-18(12-36-25)14-37-26-22(10-29)23(21(9-28)24(30)32-26)15-3-7-20(8-4-15)35-13-19(34)11-33/h1-8,12,19,33-34H,11,13-14H2,(H2,30,32)/t19-/m1/s1. The Labute approximate surface area is 215 Å². The maximum absolute atomic E-state index is 13.2. The van der Waals surface area contributed by atoms with Gasteiger partial charge < -0.3 is 25.1 Å². The predicted octanol–water partition coefficient (Wildman–Crippen LogP) is 3.89. The van der Waals surface area contributed by atoms with Crippen LogP contribution in [0.2, 0.25) is 0 Å². The molecule has 0 fully saturated rings. The van der Waals surface area contributed by atoms with Gasteiger partial charge in [0.15, 0.2) is 0 Å². The summed E-state index contributed by atoms with van der Waals surface area (Å²) in [5, 5.41) is 38.4. The van der Waals surface area contributed by atoms with Crippen molar-refractivity contribution in [2.45, 2.75) is 16.9 Å². The van der Waals surface area contributed by atoms with Gasteiger partial charge in [0.2, 0.25) is 5.89 Å². The quantitative estimate of drug-likeness (QED) is 0.278. The highest BCUT2D eigenvalue weighted by Gasteiger charge is 2.21. The Kier molecular flexibility index (Phi) is 8.01. The van der Waals surface area contributed by atoms with Crippen LogP contribution in [0.25, 0.3) is 22.6 Å². The van der Waals surface area contributed by atoms with E-state index in [1.165, 1.54) is 30.2 Å². The van der Waals surface area contributed by atoms with Crippen molar-refractivity contribution < 1.29 is 23.8 Å². The van der Waals surface area contributed by atoms with Crippen LogP contribution in [0.15, 0.2) is 64.2 Å². The average molecular weight is 518 g/mol. The third kappa shape index (κ3) is 5.88. The number of benzene rings is 2. The second-order valence-corrected chi connectivity index (χ2v) is 8.73. The zero-order chi connectivity index (χ0) is 26.4. The minimum Gasteiger partial charge on any atom is -0.491 e. The van der Waals surface area contributed by atoms with Gasteiger partial charge in [0.05, 0.1) is 17.9 Å². The summed E-state index contributed by atoms with van der Waals surface area (Å²) in [6.07, 6.45) is 0.462. The molecule has 2 aromatic heterocycles. The molecule has 4 rings (SSSR count). The molecule has 0 aliphatic heterocycles. The molecule has 2 heterocycles. The average Bonchev–Trinajstić information content (AvgIpc) is 3.39. The number of anilines is 1. The number of pyridine rings is 1. The van der Waals surface area contributed by atoms with Crippen LogP contribution in [0.3, 0.4) is 0 Å². The number of rotatable bonds is 9. The molecule has 0 aliphatic rings. The van der Waals surface area contributed by atoms with E-state index in [1.807, 2.05) is 6.07 Å². The van der Waals surface area contributed by atoms with E-state index in [0.29, 0.717) is 44.8 Å². The second kappa shape index (κ2) is 11.5. The van der Waals surface area contributed by atoms with E-state index < -0.39 is 12.7 Å². The van der Waals surface area contributed by atoms with Crippen molar-refractivity contribution in [2.75, 3.05) is 18.9 Å². The van der Waals surface area contributed by atoms with Gasteiger partial charge in [-0.1, -0.05) is 23.9 Å². The van der Waals surface area contributed by atoms with Crippen molar-refractivity contribution in [1.82, 2.24) is 9.97 Å². The lowest BCUT2D eigenvalue weighted by Crippen LogP contribution is -2.21. The molecule has 0 unspecified atom stereocenters. The van der Waals surface area contributed by atoms with Gasteiger partial charge >= 0.3 is 0 Å². The molecule has 0 spiro atoms. The van der Waals surface area contributed by atoms with Gasteiger partial charge in [-0.25, -0.2) is 14.4 Å². The number of hydrogen-bond donors (Lipinski definition) is 3. The first kappa shape index (κ1) is 25.7. The molecule has 4 N–H and O–H groups in total. The Balaban J connectivity index is 1.60. The highest BCUT2D eigenvalue weighted by molar-refractivity contribution is 7.98. The maximum Gasteiger partial charge on any atom is 0.226 e. The van der Waals surface area contributed by atoms with Gasteiger partial charge in [0, 0.05) is 16.9 Å². The van der Waals surface area contributed by atoms with Gasteiger partial charge in [-0.3, -0.25) is 0 Å². The van der Waals surface area contributed by atoms with Crippen LogP contribution < -0.4 is 10.5 Å². The van der Waals surface area contributed by atoms with Gasteiger partial charge in [0.1, 0.15) is 59.1 Å². The van der Waals surface area contributed by atoms with E-state index in [0.717, 1.165) is 0 Å². The maximum atomic E-state index is 13.2. The number of nitriles is 2. The van der Waals surface area contributed by atoms with Crippen LogP contribution in [0.4, 0.5) is 10.2 Å². The summed E-state index contributed by atoms with van der Waals surface area (Å²) in [6, 6.07) is 16.5. The van der Waals surface area contributed by atoms with Gasteiger partial charge in [-0.2, -0.15) is 10.5 Å². The first-order valence-electron chi connectivity index (χ1n) is 10.9. The van der Waals surface area contributed by atoms with Crippen LogP contribution in [-0.4, -0.2) is 39.5 Å². The number of thioether (sulfide) groups is 1. The Hall–Kier alpha value is -4.42. The second-order valence-electron chi connectivity index (χ2n) is 7.76. The SMILES string of the molecule is N#Cc1c(N)nc(SCc2coc(-c3ccc(F)cc3)n2)c(C#N)c1-c1ccc(OC[C@H](O)CO)cc1. The Morgan fingerprint density at radius 1 is 1.03 bits per heavy atom. The van der Waals surface area contributed by atoms with E-state index in [4.69, 9.17) is 20.0 Å². The van der Waals surface area contributed by atoms with Crippen molar-refractivity contribution in [3.05, 3.63) is 77.4 Å². The lowest BCUT2D eigenvalue weighted by Gasteiger charge is -2.14. The highest BCUT2D eigenvalue weighted by atomic mass is 32.2. The number of hydrogen-bond acceptors (Lipinski definition) is 10. The first-order valence-corrected chi connectivity index (χ1v) is 11.9. The number of aliphatic hydroxyl groups excluding tert-OH is 2. The summed E-state index contributed by atoms with van der Waals surface area (Å²) >= 11 is 1.21. The Morgan fingerprint density at radius 3 is 2.35 bits per heavy atom. The van der Waals surface area contributed by atoms with Gasteiger partial charge in [-0.15, -0.1) is 0 Å². The molecule has 0 bridgehead atoms. The summed E-state index contributed by atoms with van der Waals surface area (Å²) < 4.78 is 24.1. The highest BCUT2D eigenvalue weighted by Crippen LogP contribution is 2.37. The van der Waals surface area contributed by atoms with Crippen LogP contribution in [0, 0.1) is 28.5 Å². The van der Waals surface area contributed by atoms with Crippen molar-refractivity contribution in [2.24, 2.45) is 0 Å². The number of nitrogens with zero attached hydrogens (tertiary/aromatic N) is 4. The summed E-state index contributed by atoms with van der Waals surface area (Å²) in [5.41, 5.74) is 8.43. The molecule has 0 saturated carbocycles. The van der Waals surface area contributed by atoms with Crippen LogP contribution in [0.5, 0.6) is 5.75 Å². The molecular weight excluding hydrogens is 497 g/mol. The first-order chi connectivity index (χ1) is 17.9. The molecule has 11 heteroatoms. The number of aliphatic hydroxyl groups is 2. The number of aromatic nitrogens is 2. The van der Waals surface area contributed by atoms with E-state index in [-0.39, 0.29) is 29.4 Å². The Morgan fingerprint density at radius 2 is 1.70 bits per heavy atom. The zero-order valence-corrected chi connectivity index (χ0v) is 20.1. The van der Waals surface area contributed by atoms with Crippen molar-refractivity contribution in [3.63, 3.8) is 0 Å². The summed E-state index contributed by atoms with van der Waals surface area (Å²) in [6.45, 7) is -0.510. The van der Waals surface area contributed by atoms with Crippen molar-refractivity contribution in [3.8, 4) is 40.5 Å². The topological polar surface area (TPSA) is 162 Å². The lowest BCUT2D eigenvalue weighted by molar-refractivity contribution is 0.0536. The summed E-state index contributed by atoms with van der Waals surface area (Å²) in [7, 11) is 0. The minimum absolute atomic E-state index is 0.0162. The van der Waals surface area contributed by atoms with E-state index in [1.54, 1.807) is 36.4 Å². The monoisotopic (exact) mass is 517 g/mol. The normalized spacial score (nSPS) is 11.5. The third-order valence-corrected chi connectivity index (χ3v) is 6.22. The number of halogens is 1. The zero-order valence-electron chi connectivity index (χ0n) is 19.3. The molecule has 1 atom stereocenters. The van der Waals surface area contributed by atoms with Crippen LogP contribution in [-0.2, 0) is 5.75 Å². The van der Waals surface area contributed by atoms with Crippen molar-refractivity contribution in [1.29, 1.82) is 10.5 Å². The number of nitrogen functional groups attached to an aromatic ring is 1. The summed E-state index contributed by atoms with van der Waals surface area (Å²) in [4.78, 5) is 8.70. The summed E-state index contributed by atoms with van der Waals surface area (Å²) in [5.74, 6) is 0.693. The minimum atomic E-state index is -1.01. The number of ether oxygens (including phenoxy) is 1. The number of nitrogens with two attached hydrogens (primary N) is 1. The van der Waals surface area contributed by atoms with Gasteiger partial charge in [0.25, 0.3) is 0 Å². The molecular formula is C26H20FN5O4S. The van der Waals surface area contributed by atoms with E-state index in [2.05, 4.69) is 16.0 Å². The van der Waals surface area contributed by atoms with Crippen molar-refractivity contribution >= 4 is 17.6 Å². The van der Waals surface area contributed by atoms with Crippen LogP contribution >= 0.6 is 11.8 Å². The molecule has 9 nitrogen and oxygen atoms in total. The predicted molar refractivity (Wildman–Crippen MR) is 134 cm³/mol. The lowest BCUT2D eigenvalue weighted by atomic mass is 9.97. The molecule has 186 valence electrons. The van der Waals surface area contributed by atoms with E-state index >= 15 is 0 Å². The van der Waals surface area contributed by atoms with Gasteiger partial charge in [-0.05, 0) is 42.0 Å². The fraction of sp³-hybridized carbons (Fsp3) is 0.154. The smallest absolute Gasteiger partial charge is 0.226 e. The fourth-order valence-corrected chi connectivity index (χ4v) is 4.27. The van der Waals surface area contributed by atoms with Crippen LogP contribution in [0.1, 0.15) is 16.8 Å². The van der Waals surface area contributed by atoms with E-state index in [9.17, 15) is 20.0 Å².